The van der Waals surface area contributed by atoms with Gasteiger partial charge >= 0.3 is 0 Å². The third-order valence-corrected chi connectivity index (χ3v) is 6.82. The highest BCUT2D eigenvalue weighted by atomic mass is 16.5. The number of nitrogens with zero attached hydrogens (tertiary/aromatic N) is 6. The number of likely N-dealkylation sites (N-methyl/N-ethyl adjacent to an activating group) is 1. The maximum atomic E-state index is 13.5. The molecule has 0 radical (unpaired) electrons. The third kappa shape index (κ3) is 4.69. The fourth-order valence-corrected chi connectivity index (χ4v) is 4.91. The number of benzene rings is 2. The van der Waals surface area contributed by atoms with Crippen molar-refractivity contribution in [2.24, 2.45) is 0 Å². The SMILES string of the molecule is COc1ccc(Cn2nnnc2C(c2cc3cc(C)cc(C)c3[nH]c2=O)N2CCN(C)CC2)cc1. The van der Waals surface area contributed by atoms with Crippen LogP contribution in [0.5, 0.6) is 5.75 Å². The van der Waals surface area contributed by atoms with Gasteiger partial charge in [0.1, 0.15) is 11.8 Å². The van der Waals surface area contributed by atoms with E-state index in [-0.39, 0.29) is 11.6 Å². The van der Waals surface area contributed by atoms with Crippen LogP contribution in [0.4, 0.5) is 0 Å². The van der Waals surface area contributed by atoms with Gasteiger partial charge < -0.3 is 14.6 Å². The molecule has 3 heterocycles. The topological polar surface area (TPSA) is 92.2 Å². The number of hydrogen-bond acceptors (Lipinski definition) is 7. The lowest BCUT2D eigenvalue weighted by molar-refractivity contribution is 0.121. The first-order chi connectivity index (χ1) is 16.9. The van der Waals surface area contributed by atoms with Gasteiger partial charge in [0.25, 0.3) is 5.56 Å². The predicted octanol–water partition coefficient (Wildman–Crippen LogP) is 2.53. The van der Waals surface area contributed by atoms with E-state index in [1.807, 2.05) is 37.3 Å². The van der Waals surface area contributed by atoms with E-state index in [0.29, 0.717) is 17.9 Å². The van der Waals surface area contributed by atoms with Crippen molar-refractivity contribution in [1.82, 2.24) is 35.0 Å². The monoisotopic (exact) mass is 473 g/mol. The van der Waals surface area contributed by atoms with E-state index in [1.165, 1.54) is 0 Å². The number of fused-ring (bicyclic) bond motifs is 1. The van der Waals surface area contributed by atoms with E-state index in [9.17, 15) is 4.79 Å². The molecule has 5 rings (SSSR count). The van der Waals surface area contributed by atoms with Crippen LogP contribution in [-0.2, 0) is 6.54 Å². The minimum absolute atomic E-state index is 0.104. The first kappa shape index (κ1) is 23.2. The molecule has 9 nitrogen and oxygen atoms in total. The van der Waals surface area contributed by atoms with Gasteiger partial charge in [-0.15, -0.1) is 5.10 Å². The predicted molar refractivity (Wildman–Crippen MR) is 135 cm³/mol. The third-order valence-electron chi connectivity index (χ3n) is 6.82. The standard InChI is InChI=1S/C26H31N7O2/c1-17-13-18(2)23-20(14-17)15-22(26(34)27-23)24(32-11-9-31(3)10-12-32)25-28-29-30-33(25)16-19-5-7-21(35-4)8-6-19/h5-8,13-15,24H,9-12,16H2,1-4H3,(H,27,34). The molecule has 0 spiro atoms. The molecule has 0 aliphatic carbocycles. The molecule has 1 fully saturated rings. The number of aromatic amines is 1. The molecule has 1 atom stereocenters. The number of rotatable bonds is 6. The fraction of sp³-hybridized carbons (Fsp3) is 0.385. The van der Waals surface area contributed by atoms with Crippen LogP contribution in [-0.4, -0.2) is 75.3 Å². The maximum Gasteiger partial charge on any atom is 0.253 e. The molecule has 1 aliphatic heterocycles. The summed E-state index contributed by atoms with van der Waals surface area (Å²) in [5.74, 6) is 1.47. The summed E-state index contributed by atoms with van der Waals surface area (Å²) in [6.45, 7) is 8.07. The lowest BCUT2D eigenvalue weighted by Crippen LogP contribution is -2.47. The number of piperazine rings is 1. The van der Waals surface area contributed by atoms with Crippen LogP contribution in [0.3, 0.4) is 0 Å². The molecular weight excluding hydrogens is 442 g/mol. The molecule has 1 saturated heterocycles. The zero-order valence-corrected chi connectivity index (χ0v) is 20.7. The molecule has 35 heavy (non-hydrogen) atoms. The summed E-state index contributed by atoms with van der Waals surface area (Å²) in [6, 6.07) is 13.7. The van der Waals surface area contributed by atoms with Crippen molar-refractivity contribution in [3.05, 3.63) is 80.9 Å². The van der Waals surface area contributed by atoms with Gasteiger partial charge in [0, 0.05) is 31.7 Å². The van der Waals surface area contributed by atoms with Gasteiger partial charge in [-0.3, -0.25) is 9.69 Å². The van der Waals surface area contributed by atoms with E-state index in [4.69, 9.17) is 4.74 Å². The Morgan fingerprint density at radius 3 is 2.51 bits per heavy atom. The van der Waals surface area contributed by atoms with E-state index in [1.54, 1.807) is 11.8 Å². The van der Waals surface area contributed by atoms with Gasteiger partial charge in [-0.05, 0) is 72.1 Å². The normalized spacial score (nSPS) is 16.0. The Kier molecular flexibility index (Phi) is 6.36. The molecule has 0 saturated carbocycles. The Labute approximate surface area is 204 Å². The number of aryl methyl sites for hydroxylation is 2. The van der Waals surface area contributed by atoms with Crippen molar-refractivity contribution in [2.45, 2.75) is 26.4 Å². The molecule has 1 unspecified atom stereocenters. The second-order valence-electron chi connectivity index (χ2n) is 9.38. The minimum Gasteiger partial charge on any atom is -0.497 e. The Morgan fingerprint density at radius 2 is 1.80 bits per heavy atom. The molecule has 182 valence electrons. The molecule has 1 aliphatic rings. The van der Waals surface area contributed by atoms with Crippen LogP contribution in [0.1, 0.15) is 34.1 Å². The summed E-state index contributed by atoms with van der Waals surface area (Å²) in [6.07, 6.45) is 0. The summed E-state index contributed by atoms with van der Waals surface area (Å²) in [4.78, 5) is 21.2. The average Bonchev–Trinajstić information content (AvgIpc) is 3.29. The van der Waals surface area contributed by atoms with Crippen LogP contribution in [0.15, 0.2) is 47.3 Å². The van der Waals surface area contributed by atoms with Crippen molar-refractivity contribution < 1.29 is 4.74 Å². The van der Waals surface area contributed by atoms with Crippen LogP contribution < -0.4 is 10.3 Å². The highest BCUT2D eigenvalue weighted by Gasteiger charge is 2.32. The Bertz CT molecular complexity index is 1390. The Morgan fingerprint density at radius 1 is 1.06 bits per heavy atom. The first-order valence-electron chi connectivity index (χ1n) is 11.9. The van der Waals surface area contributed by atoms with Crippen molar-refractivity contribution in [3.63, 3.8) is 0 Å². The fourth-order valence-electron chi connectivity index (χ4n) is 4.91. The second-order valence-corrected chi connectivity index (χ2v) is 9.38. The quantitative estimate of drug-likeness (QED) is 0.460. The van der Waals surface area contributed by atoms with Gasteiger partial charge in [-0.2, -0.15) is 0 Å². The van der Waals surface area contributed by atoms with Gasteiger partial charge in [-0.1, -0.05) is 23.8 Å². The summed E-state index contributed by atoms with van der Waals surface area (Å²) in [5.41, 5.74) is 4.71. The smallest absolute Gasteiger partial charge is 0.253 e. The maximum absolute atomic E-state index is 13.5. The summed E-state index contributed by atoms with van der Waals surface area (Å²) in [5, 5.41) is 13.8. The van der Waals surface area contributed by atoms with E-state index in [0.717, 1.165) is 59.5 Å². The number of tetrazole rings is 1. The van der Waals surface area contributed by atoms with Gasteiger partial charge in [0.2, 0.25) is 0 Å². The first-order valence-corrected chi connectivity index (χ1v) is 11.9. The molecular formula is C26H31N7O2. The van der Waals surface area contributed by atoms with E-state index >= 15 is 0 Å². The number of H-pyrrole nitrogens is 1. The number of hydrogen-bond donors (Lipinski definition) is 1. The molecule has 0 bridgehead atoms. The Balaban J connectivity index is 1.60. The van der Waals surface area contributed by atoms with Crippen molar-refractivity contribution in [3.8, 4) is 5.75 Å². The number of aromatic nitrogens is 5. The lowest BCUT2D eigenvalue weighted by Gasteiger charge is -2.37. The van der Waals surface area contributed by atoms with Gasteiger partial charge in [0.15, 0.2) is 5.82 Å². The molecule has 2 aromatic heterocycles. The van der Waals surface area contributed by atoms with E-state index < -0.39 is 0 Å². The summed E-state index contributed by atoms with van der Waals surface area (Å²) >= 11 is 0. The summed E-state index contributed by atoms with van der Waals surface area (Å²) in [7, 11) is 3.77. The van der Waals surface area contributed by atoms with Crippen LogP contribution >= 0.6 is 0 Å². The molecule has 2 aromatic carbocycles. The zero-order valence-electron chi connectivity index (χ0n) is 20.7. The summed E-state index contributed by atoms with van der Waals surface area (Å²) < 4.78 is 7.08. The van der Waals surface area contributed by atoms with Crippen molar-refractivity contribution in [1.29, 1.82) is 0 Å². The molecule has 9 heteroatoms. The number of ether oxygens (including phenoxy) is 1. The van der Waals surface area contributed by atoms with Crippen LogP contribution in [0.25, 0.3) is 10.9 Å². The van der Waals surface area contributed by atoms with Gasteiger partial charge in [0.05, 0.1) is 19.2 Å². The van der Waals surface area contributed by atoms with Crippen molar-refractivity contribution >= 4 is 10.9 Å². The number of methoxy groups -OCH3 is 1. The number of nitrogens with one attached hydrogen (secondary N) is 1. The molecule has 4 aromatic rings. The van der Waals surface area contributed by atoms with Crippen LogP contribution in [0.2, 0.25) is 0 Å². The average molecular weight is 474 g/mol. The number of pyridine rings is 1. The molecule has 1 N–H and O–H groups in total. The van der Waals surface area contributed by atoms with Crippen LogP contribution in [0, 0.1) is 13.8 Å². The minimum atomic E-state index is -0.356. The molecule has 0 amide bonds. The highest BCUT2D eigenvalue weighted by Crippen LogP contribution is 2.29. The van der Waals surface area contributed by atoms with Crippen molar-refractivity contribution in [2.75, 3.05) is 40.3 Å². The lowest BCUT2D eigenvalue weighted by atomic mass is 10.00. The van der Waals surface area contributed by atoms with E-state index in [2.05, 4.69) is 56.4 Å². The second kappa shape index (κ2) is 9.59. The Hall–Kier alpha value is -3.56. The zero-order chi connectivity index (χ0) is 24.5. The van der Waals surface area contributed by atoms with Gasteiger partial charge in [-0.25, -0.2) is 4.68 Å². The largest absolute Gasteiger partial charge is 0.497 e. The highest BCUT2D eigenvalue weighted by molar-refractivity contribution is 5.83.